The topological polar surface area (TPSA) is 29.5 Å². The third-order valence-corrected chi connectivity index (χ3v) is 3.54. The maximum Gasteiger partial charge on any atom is 0.230 e. The van der Waals surface area contributed by atoms with Crippen molar-refractivity contribution in [2.24, 2.45) is 5.92 Å². The smallest absolute Gasteiger partial charge is 0.230 e. The van der Waals surface area contributed by atoms with Gasteiger partial charge in [0, 0.05) is 20.2 Å². The van der Waals surface area contributed by atoms with Crippen molar-refractivity contribution in [3.05, 3.63) is 35.9 Å². The first kappa shape index (κ1) is 17.7. The van der Waals surface area contributed by atoms with Crippen LogP contribution in [0.2, 0.25) is 0 Å². The van der Waals surface area contributed by atoms with Gasteiger partial charge in [0.1, 0.15) is 0 Å². The molecule has 0 aliphatic rings. The van der Waals surface area contributed by atoms with Crippen LogP contribution < -0.4 is 0 Å². The van der Waals surface area contributed by atoms with Crippen LogP contribution in [-0.4, -0.2) is 37.6 Å². The van der Waals surface area contributed by atoms with Crippen LogP contribution in [0, 0.1) is 5.92 Å². The van der Waals surface area contributed by atoms with E-state index in [1.807, 2.05) is 23.1 Å². The largest absolute Gasteiger partial charge is 0.383 e. The fourth-order valence-electron chi connectivity index (χ4n) is 2.56. The molecule has 1 aromatic rings. The van der Waals surface area contributed by atoms with Gasteiger partial charge in [-0.05, 0) is 17.9 Å². The normalized spacial score (nSPS) is 12.4. The molecule has 1 amide bonds. The van der Waals surface area contributed by atoms with Crippen LogP contribution >= 0.6 is 0 Å². The molecule has 1 rings (SSSR count). The molecule has 3 heteroatoms. The van der Waals surface area contributed by atoms with Crippen LogP contribution in [0.4, 0.5) is 0 Å². The van der Waals surface area contributed by atoms with Crippen molar-refractivity contribution >= 4 is 5.91 Å². The minimum Gasteiger partial charge on any atom is -0.383 e. The number of methoxy groups -OCH3 is 1. The van der Waals surface area contributed by atoms with E-state index in [-0.39, 0.29) is 11.8 Å². The van der Waals surface area contributed by atoms with Gasteiger partial charge in [0.2, 0.25) is 5.91 Å². The lowest BCUT2D eigenvalue weighted by atomic mass is 9.92. The maximum atomic E-state index is 12.9. The van der Waals surface area contributed by atoms with Crippen molar-refractivity contribution in [1.82, 2.24) is 4.90 Å². The maximum absolute atomic E-state index is 12.9. The molecule has 0 N–H and O–H groups in total. The Balaban J connectivity index is 2.89. The van der Waals surface area contributed by atoms with Crippen molar-refractivity contribution in [1.29, 1.82) is 0 Å². The molecule has 21 heavy (non-hydrogen) atoms. The molecule has 0 saturated carbocycles. The first-order valence-electron chi connectivity index (χ1n) is 7.92. The number of carbonyl (C=O) groups is 1. The van der Waals surface area contributed by atoms with Crippen molar-refractivity contribution in [3.63, 3.8) is 0 Å². The Morgan fingerprint density at radius 2 is 1.90 bits per heavy atom. The summed E-state index contributed by atoms with van der Waals surface area (Å²) in [5, 5.41) is 0. The van der Waals surface area contributed by atoms with E-state index < -0.39 is 0 Å². The number of benzene rings is 1. The Labute approximate surface area is 129 Å². The number of amides is 1. The van der Waals surface area contributed by atoms with Gasteiger partial charge in [-0.3, -0.25) is 4.79 Å². The molecule has 1 atom stereocenters. The summed E-state index contributed by atoms with van der Waals surface area (Å²) in [7, 11) is 1.68. The first-order chi connectivity index (χ1) is 10.1. The Morgan fingerprint density at radius 1 is 1.24 bits per heavy atom. The summed E-state index contributed by atoms with van der Waals surface area (Å²) in [4.78, 5) is 14.9. The van der Waals surface area contributed by atoms with Gasteiger partial charge in [-0.25, -0.2) is 0 Å². The standard InChI is InChI=1S/C18H29NO2/c1-5-9-17(16-10-7-6-8-11-16)18(20)19(12-13-21-4)14-15(2)3/h6-8,10-11,15,17H,5,9,12-14H2,1-4H3. The molecule has 1 unspecified atom stereocenters. The van der Waals surface area contributed by atoms with Crippen molar-refractivity contribution < 1.29 is 9.53 Å². The zero-order chi connectivity index (χ0) is 15.7. The van der Waals surface area contributed by atoms with E-state index >= 15 is 0 Å². The third kappa shape index (κ3) is 5.88. The molecular weight excluding hydrogens is 262 g/mol. The summed E-state index contributed by atoms with van der Waals surface area (Å²) in [6.45, 7) is 8.46. The van der Waals surface area contributed by atoms with Crippen LogP contribution in [0.25, 0.3) is 0 Å². The Kier molecular flexibility index (Phi) is 8.06. The zero-order valence-electron chi connectivity index (χ0n) is 13.8. The second-order valence-corrected chi connectivity index (χ2v) is 5.92. The number of hydrogen-bond acceptors (Lipinski definition) is 2. The summed E-state index contributed by atoms with van der Waals surface area (Å²) < 4.78 is 5.16. The monoisotopic (exact) mass is 291 g/mol. The van der Waals surface area contributed by atoms with Crippen LogP contribution in [0.15, 0.2) is 30.3 Å². The number of carbonyl (C=O) groups excluding carboxylic acids is 1. The molecule has 1 aromatic carbocycles. The zero-order valence-corrected chi connectivity index (χ0v) is 13.8. The molecule has 0 bridgehead atoms. The van der Waals surface area contributed by atoms with E-state index in [1.54, 1.807) is 7.11 Å². The van der Waals surface area contributed by atoms with Crippen molar-refractivity contribution in [2.75, 3.05) is 26.8 Å². The summed E-state index contributed by atoms with van der Waals surface area (Å²) in [6, 6.07) is 10.1. The number of rotatable bonds is 9. The van der Waals surface area contributed by atoms with E-state index in [1.165, 1.54) is 0 Å². The van der Waals surface area contributed by atoms with E-state index in [4.69, 9.17) is 4.74 Å². The molecular formula is C18H29NO2. The Hall–Kier alpha value is -1.35. The minimum absolute atomic E-state index is 0.0354. The lowest BCUT2D eigenvalue weighted by Gasteiger charge is -2.29. The highest BCUT2D eigenvalue weighted by Crippen LogP contribution is 2.24. The highest BCUT2D eigenvalue weighted by Gasteiger charge is 2.25. The molecule has 0 radical (unpaired) electrons. The number of ether oxygens (including phenoxy) is 1. The van der Waals surface area contributed by atoms with Crippen LogP contribution in [0.5, 0.6) is 0 Å². The second-order valence-electron chi connectivity index (χ2n) is 5.92. The predicted molar refractivity (Wildman–Crippen MR) is 87.4 cm³/mol. The summed E-state index contributed by atoms with van der Waals surface area (Å²) >= 11 is 0. The van der Waals surface area contributed by atoms with Gasteiger partial charge in [0.15, 0.2) is 0 Å². The van der Waals surface area contributed by atoms with Gasteiger partial charge in [-0.2, -0.15) is 0 Å². The summed E-state index contributed by atoms with van der Waals surface area (Å²) in [5.74, 6) is 0.657. The van der Waals surface area contributed by atoms with Gasteiger partial charge in [-0.15, -0.1) is 0 Å². The number of hydrogen-bond donors (Lipinski definition) is 0. The highest BCUT2D eigenvalue weighted by atomic mass is 16.5. The number of nitrogens with zero attached hydrogens (tertiary/aromatic N) is 1. The molecule has 0 aliphatic carbocycles. The van der Waals surface area contributed by atoms with E-state index in [0.717, 1.165) is 24.9 Å². The molecule has 0 saturated heterocycles. The van der Waals surface area contributed by atoms with Gasteiger partial charge in [0.25, 0.3) is 0 Å². The van der Waals surface area contributed by atoms with Crippen molar-refractivity contribution in [3.8, 4) is 0 Å². The summed E-state index contributed by atoms with van der Waals surface area (Å²) in [5.41, 5.74) is 1.12. The predicted octanol–water partition coefficient (Wildman–Crippen LogP) is 3.70. The summed E-state index contributed by atoms with van der Waals surface area (Å²) in [6.07, 6.45) is 1.90. The highest BCUT2D eigenvalue weighted by molar-refractivity contribution is 5.83. The van der Waals surface area contributed by atoms with Gasteiger partial charge in [0.05, 0.1) is 12.5 Å². The van der Waals surface area contributed by atoms with E-state index in [0.29, 0.717) is 19.1 Å². The molecule has 0 aliphatic heterocycles. The molecule has 0 fully saturated rings. The fourth-order valence-corrected chi connectivity index (χ4v) is 2.56. The molecule has 118 valence electrons. The third-order valence-electron chi connectivity index (χ3n) is 3.54. The van der Waals surface area contributed by atoms with Gasteiger partial charge >= 0.3 is 0 Å². The van der Waals surface area contributed by atoms with E-state index in [2.05, 4.69) is 32.9 Å². The average Bonchev–Trinajstić information content (AvgIpc) is 2.49. The fraction of sp³-hybridized carbons (Fsp3) is 0.611. The van der Waals surface area contributed by atoms with Crippen LogP contribution in [0.3, 0.4) is 0 Å². The first-order valence-corrected chi connectivity index (χ1v) is 7.92. The van der Waals surface area contributed by atoms with Crippen molar-refractivity contribution in [2.45, 2.75) is 39.5 Å². The Bertz CT molecular complexity index is 403. The second kappa shape index (κ2) is 9.56. The van der Waals surface area contributed by atoms with Gasteiger partial charge in [-0.1, -0.05) is 57.5 Å². The van der Waals surface area contributed by atoms with Crippen LogP contribution in [0.1, 0.15) is 45.1 Å². The lowest BCUT2D eigenvalue weighted by Crippen LogP contribution is -2.39. The van der Waals surface area contributed by atoms with Gasteiger partial charge < -0.3 is 9.64 Å². The van der Waals surface area contributed by atoms with Crippen LogP contribution in [-0.2, 0) is 9.53 Å². The minimum atomic E-state index is -0.0354. The molecule has 0 aromatic heterocycles. The lowest BCUT2D eigenvalue weighted by molar-refractivity contribution is -0.134. The quantitative estimate of drug-likeness (QED) is 0.694. The molecule has 0 spiro atoms. The SMILES string of the molecule is CCCC(C(=O)N(CCOC)CC(C)C)c1ccccc1. The molecule has 0 heterocycles. The average molecular weight is 291 g/mol. The Morgan fingerprint density at radius 3 is 2.43 bits per heavy atom. The molecule has 3 nitrogen and oxygen atoms in total. The van der Waals surface area contributed by atoms with E-state index in [9.17, 15) is 4.79 Å².